The number of benzene rings is 3. The van der Waals surface area contributed by atoms with Crippen molar-refractivity contribution in [3.05, 3.63) is 95.6 Å². The average Bonchev–Trinajstić information content (AvgIpc) is 2.77. The van der Waals surface area contributed by atoms with Crippen LogP contribution in [0.15, 0.2) is 83.8 Å². The van der Waals surface area contributed by atoms with Crippen molar-refractivity contribution in [2.75, 3.05) is 12.9 Å². The molecule has 0 saturated heterocycles. The molecule has 0 unspecified atom stereocenters. The Balaban J connectivity index is 1.96. The Kier molecular flexibility index (Phi) is 6.61. The third kappa shape index (κ3) is 4.49. The minimum atomic E-state index is -1.21. The smallest absolute Gasteiger partial charge is 0.253 e. The van der Waals surface area contributed by atoms with Crippen molar-refractivity contribution >= 4 is 16.7 Å². The van der Waals surface area contributed by atoms with Crippen LogP contribution in [-0.2, 0) is 10.8 Å². The van der Waals surface area contributed by atoms with Crippen LogP contribution >= 0.6 is 0 Å². The summed E-state index contributed by atoms with van der Waals surface area (Å²) in [4.78, 5) is 13.7. The van der Waals surface area contributed by atoms with Crippen molar-refractivity contribution in [1.82, 2.24) is 5.32 Å². The molecule has 0 saturated carbocycles. The number of amides is 1. The van der Waals surface area contributed by atoms with Gasteiger partial charge in [0.25, 0.3) is 5.91 Å². The first-order valence-corrected chi connectivity index (χ1v) is 10.4. The predicted octanol–water partition coefficient (Wildman–Crippen LogP) is 4.34. The Bertz CT molecular complexity index is 955. The molecule has 2 atom stereocenters. The van der Waals surface area contributed by atoms with Gasteiger partial charge in [-0.3, -0.25) is 9.00 Å². The monoisotopic (exact) mass is 393 g/mol. The number of hydrogen-bond acceptors (Lipinski definition) is 3. The van der Waals surface area contributed by atoms with Gasteiger partial charge in [0.15, 0.2) is 0 Å². The number of hydrogen-bond donors (Lipinski definition) is 1. The second-order valence-corrected chi connectivity index (χ2v) is 7.93. The molecule has 0 bridgehead atoms. The van der Waals surface area contributed by atoms with Gasteiger partial charge < -0.3 is 10.1 Å². The first-order chi connectivity index (χ1) is 13.6. The van der Waals surface area contributed by atoms with E-state index in [2.05, 4.69) is 5.32 Å². The van der Waals surface area contributed by atoms with Crippen LogP contribution in [-0.4, -0.2) is 23.0 Å². The summed E-state index contributed by atoms with van der Waals surface area (Å²) in [5.41, 5.74) is 2.35. The summed E-state index contributed by atoms with van der Waals surface area (Å²) in [5.74, 6) is 0.970. The van der Waals surface area contributed by atoms with Crippen LogP contribution in [0, 0.1) is 0 Å². The van der Waals surface area contributed by atoms with Crippen molar-refractivity contribution in [1.29, 1.82) is 0 Å². The molecule has 0 aromatic heterocycles. The number of nitrogens with one attached hydrogen (secondary N) is 1. The maximum absolute atomic E-state index is 13.1. The van der Waals surface area contributed by atoms with E-state index in [4.69, 9.17) is 4.74 Å². The third-order valence-corrected chi connectivity index (χ3v) is 5.87. The van der Waals surface area contributed by atoms with Gasteiger partial charge in [-0.25, -0.2) is 0 Å². The number of rotatable bonds is 7. The summed E-state index contributed by atoms with van der Waals surface area (Å²) in [6.45, 7) is 1.84. The van der Waals surface area contributed by atoms with E-state index >= 15 is 0 Å². The lowest BCUT2D eigenvalue weighted by molar-refractivity contribution is 0.0940. The van der Waals surface area contributed by atoms with E-state index < -0.39 is 10.8 Å². The van der Waals surface area contributed by atoms with Gasteiger partial charge in [0.05, 0.1) is 34.4 Å². The SMILES string of the molecule is CC[S@@](=O)c1ccccc1C(=O)N[C@@H](c1ccccc1)c1ccc(OC)cc1. The normalized spacial score (nSPS) is 12.8. The van der Waals surface area contributed by atoms with Crippen LogP contribution in [0.3, 0.4) is 0 Å². The first kappa shape index (κ1) is 19.8. The largest absolute Gasteiger partial charge is 0.497 e. The van der Waals surface area contributed by atoms with E-state index in [1.165, 1.54) is 0 Å². The van der Waals surface area contributed by atoms with Crippen LogP contribution in [0.25, 0.3) is 0 Å². The molecule has 1 amide bonds. The first-order valence-electron chi connectivity index (χ1n) is 9.11. The van der Waals surface area contributed by atoms with Gasteiger partial charge in [-0.15, -0.1) is 0 Å². The maximum atomic E-state index is 13.1. The topological polar surface area (TPSA) is 55.4 Å². The highest BCUT2D eigenvalue weighted by Gasteiger charge is 2.21. The highest BCUT2D eigenvalue weighted by Crippen LogP contribution is 2.25. The molecule has 0 aliphatic rings. The Hall–Kier alpha value is -2.92. The fraction of sp³-hybridized carbons (Fsp3) is 0.174. The fourth-order valence-corrected chi connectivity index (χ4v) is 3.97. The molecule has 28 heavy (non-hydrogen) atoms. The predicted molar refractivity (Wildman–Crippen MR) is 112 cm³/mol. The zero-order valence-corrected chi connectivity index (χ0v) is 16.7. The van der Waals surface area contributed by atoms with Gasteiger partial charge in [0, 0.05) is 5.75 Å². The summed E-state index contributed by atoms with van der Waals surface area (Å²) in [6.07, 6.45) is 0. The summed E-state index contributed by atoms with van der Waals surface area (Å²) in [6, 6.07) is 24.1. The molecule has 0 spiro atoms. The number of carbonyl (C=O) groups excluding carboxylic acids is 1. The van der Waals surface area contributed by atoms with Gasteiger partial charge in [-0.05, 0) is 35.4 Å². The van der Waals surface area contributed by atoms with Crippen LogP contribution in [0.5, 0.6) is 5.75 Å². The zero-order chi connectivity index (χ0) is 19.9. The standard InChI is InChI=1S/C23H23NO3S/c1-3-28(26)21-12-8-7-11-20(21)23(25)24-22(17-9-5-4-6-10-17)18-13-15-19(27-2)16-14-18/h4-16,22H,3H2,1-2H3,(H,24,25)/t22-,28+/m0/s1. The van der Waals surface area contributed by atoms with Gasteiger partial charge in [0.1, 0.15) is 5.75 Å². The summed E-state index contributed by atoms with van der Waals surface area (Å²) >= 11 is 0. The molecule has 3 rings (SSSR count). The molecule has 3 aromatic rings. The van der Waals surface area contributed by atoms with Crippen molar-refractivity contribution in [3.8, 4) is 5.75 Å². The molecule has 0 aliphatic carbocycles. The quantitative estimate of drug-likeness (QED) is 0.650. The summed E-state index contributed by atoms with van der Waals surface area (Å²) < 4.78 is 17.6. The second-order valence-electron chi connectivity index (χ2n) is 6.22. The van der Waals surface area contributed by atoms with Gasteiger partial charge in [0.2, 0.25) is 0 Å². The van der Waals surface area contributed by atoms with E-state index in [1.54, 1.807) is 31.4 Å². The molecular formula is C23H23NO3S. The molecule has 0 fully saturated rings. The molecule has 0 radical (unpaired) electrons. The van der Waals surface area contributed by atoms with Gasteiger partial charge in [-0.2, -0.15) is 0 Å². The second kappa shape index (κ2) is 9.33. The molecule has 4 nitrogen and oxygen atoms in total. The Morgan fingerprint density at radius 1 is 0.929 bits per heavy atom. The van der Waals surface area contributed by atoms with Crippen LogP contribution in [0.4, 0.5) is 0 Å². The van der Waals surface area contributed by atoms with Crippen molar-refractivity contribution in [3.63, 3.8) is 0 Å². The molecule has 3 aromatic carbocycles. The van der Waals surface area contributed by atoms with Crippen molar-refractivity contribution < 1.29 is 13.7 Å². The Labute approximate surface area is 168 Å². The minimum Gasteiger partial charge on any atom is -0.497 e. The van der Waals surface area contributed by atoms with Crippen LogP contribution in [0.1, 0.15) is 34.5 Å². The number of methoxy groups -OCH3 is 1. The lowest BCUT2D eigenvalue weighted by atomic mass is 9.98. The zero-order valence-electron chi connectivity index (χ0n) is 15.9. The lowest BCUT2D eigenvalue weighted by Gasteiger charge is -2.21. The minimum absolute atomic E-state index is 0.248. The van der Waals surface area contributed by atoms with Gasteiger partial charge in [-0.1, -0.05) is 61.5 Å². The van der Waals surface area contributed by atoms with Crippen molar-refractivity contribution in [2.24, 2.45) is 0 Å². The van der Waals surface area contributed by atoms with Crippen LogP contribution in [0.2, 0.25) is 0 Å². The molecule has 144 valence electrons. The number of ether oxygens (including phenoxy) is 1. The Morgan fingerprint density at radius 2 is 1.54 bits per heavy atom. The molecule has 5 heteroatoms. The Morgan fingerprint density at radius 3 is 2.18 bits per heavy atom. The highest BCUT2D eigenvalue weighted by molar-refractivity contribution is 7.85. The fourth-order valence-electron chi connectivity index (χ4n) is 3.02. The summed E-state index contributed by atoms with van der Waals surface area (Å²) in [7, 11) is 0.413. The van der Waals surface area contributed by atoms with E-state index in [0.717, 1.165) is 16.9 Å². The lowest BCUT2D eigenvalue weighted by Crippen LogP contribution is -2.30. The van der Waals surface area contributed by atoms with E-state index in [-0.39, 0.29) is 11.9 Å². The average molecular weight is 394 g/mol. The van der Waals surface area contributed by atoms with Crippen LogP contribution < -0.4 is 10.1 Å². The van der Waals surface area contributed by atoms with Gasteiger partial charge >= 0.3 is 0 Å². The van der Waals surface area contributed by atoms with Crippen molar-refractivity contribution in [2.45, 2.75) is 17.9 Å². The molecular weight excluding hydrogens is 370 g/mol. The maximum Gasteiger partial charge on any atom is 0.253 e. The molecule has 0 aliphatic heterocycles. The number of carbonyl (C=O) groups is 1. The third-order valence-electron chi connectivity index (χ3n) is 4.50. The van der Waals surface area contributed by atoms with E-state index in [9.17, 15) is 9.00 Å². The highest BCUT2D eigenvalue weighted by atomic mass is 32.2. The van der Waals surface area contributed by atoms with E-state index in [0.29, 0.717) is 16.2 Å². The summed E-state index contributed by atoms with van der Waals surface area (Å²) in [5, 5.41) is 3.11. The van der Waals surface area contributed by atoms with E-state index in [1.807, 2.05) is 61.5 Å². The molecule has 0 heterocycles. The molecule has 1 N–H and O–H groups in total.